The van der Waals surface area contributed by atoms with Gasteiger partial charge in [-0.3, -0.25) is 4.79 Å². The lowest BCUT2D eigenvalue weighted by atomic mass is 10.2. The van der Waals surface area contributed by atoms with Crippen LogP contribution in [0, 0.1) is 5.82 Å². The monoisotopic (exact) mass is 261 g/mol. The molecule has 0 saturated heterocycles. The molecule has 2 aromatic carbocycles. The van der Waals surface area contributed by atoms with Crippen molar-refractivity contribution in [2.75, 3.05) is 11.6 Å². The van der Waals surface area contributed by atoms with Crippen LogP contribution in [0.1, 0.15) is 10.4 Å². The van der Waals surface area contributed by atoms with Crippen molar-refractivity contribution >= 4 is 23.4 Å². The van der Waals surface area contributed by atoms with Crippen LogP contribution >= 0.6 is 11.8 Å². The van der Waals surface area contributed by atoms with Crippen molar-refractivity contribution in [1.29, 1.82) is 0 Å². The average Bonchev–Trinajstić information content (AvgIpc) is 2.40. The molecule has 0 aliphatic carbocycles. The Bertz CT molecular complexity index is 554. The van der Waals surface area contributed by atoms with Gasteiger partial charge in [-0.05, 0) is 42.7 Å². The largest absolute Gasteiger partial charge is 0.322 e. The van der Waals surface area contributed by atoms with Crippen LogP contribution in [-0.4, -0.2) is 12.2 Å². The van der Waals surface area contributed by atoms with Gasteiger partial charge >= 0.3 is 0 Å². The molecule has 2 nitrogen and oxygen atoms in total. The Morgan fingerprint density at radius 1 is 1.11 bits per heavy atom. The minimum Gasteiger partial charge on any atom is -0.322 e. The summed E-state index contributed by atoms with van der Waals surface area (Å²) in [6.07, 6.45) is 1.98. The van der Waals surface area contributed by atoms with Gasteiger partial charge in [0.05, 0.1) is 5.56 Å². The third kappa shape index (κ3) is 2.90. The maximum atomic E-state index is 13.4. The molecule has 0 aromatic heterocycles. The second kappa shape index (κ2) is 5.69. The van der Waals surface area contributed by atoms with Gasteiger partial charge in [-0.15, -0.1) is 11.8 Å². The highest BCUT2D eigenvalue weighted by molar-refractivity contribution is 7.98. The van der Waals surface area contributed by atoms with Gasteiger partial charge in [-0.2, -0.15) is 0 Å². The van der Waals surface area contributed by atoms with Gasteiger partial charge in [-0.1, -0.05) is 12.1 Å². The summed E-state index contributed by atoms with van der Waals surface area (Å²) in [6.45, 7) is 0. The van der Waals surface area contributed by atoms with Crippen molar-refractivity contribution < 1.29 is 9.18 Å². The number of amides is 1. The average molecular weight is 261 g/mol. The first-order valence-corrected chi connectivity index (χ1v) is 6.63. The van der Waals surface area contributed by atoms with Crippen molar-refractivity contribution in [3.63, 3.8) is 0 Å². The Morgan fingerprint density at radius 3 is 2.39 bits per heavy atom. The molecule has 18 heavy (non-hydrogen) atoms. The molecule has 0 aliphatic heterocycles. The van der Waals surface area contributed by atoms with E-state index in [0.717, 1.165) is 4.90 Å². The van der Waals surface area contributed by atoms with Gasteiger partial charge in [0.1, 0.15) is 5.82 Å². The maximum absolute atomic E-state index is 13.4. The number of rotatable bonds is 3. The first-order valence-electron chi connectivity index (χ1n) is 5.40. The quantitative estimate of drug-likeness (QED) is 0.851. The van der Waals surface area contributed by atoms with E-state index in [0.29, 0.717) is 5.69 Å². The fourth-order valence-electron chi connectivity index (χ4n) is 1.52. The Balaban J connectivity index is 2.14. The zero-order chi connectivity index (χ0) is 13.0. The number of carbonyl (C=O) groups excluding carboxylic acids is 1. The predicted molar refractivity (Wildman–Crippen MR) is 72.6 cm³/mol. The number of thioether (sulfide) groups is 1. The third-order valence-corrected chi connectivity index (χ3v) is 3.21. The zero-order valence-corrected chi connectivity index (χ0v) is 10.6. The summed E-state index contributed by atoms with van der Waals surface area (Å²) >= 11 is 1.62. The van der Waals surface area contributed by atoms with Crippen LogP contribution in [0.15, 0.2) is 53.4 Å². The van der Waals surface area contributed by atoms with Gasteiger partial charge < -0.3 is 5.32 Å². The van der Waals surface area contributed by atoms with E-state index in [-0.39, 0.29) is 5.56 Å². The molecule has 92 valence electrons. The highest BCUT2D eigenvalue weighted by atomic mass is 32.2. The molecule has 2 aromatic rings. The van der Waals surface area contributed by atoms with Crippen LogP contribution in [0.5, 0.6) is 0 Å². The molecule has 1 amide bonds. The second-order valence-corrected chi connectivity index (χ2v) is 4.54. The minimum atomic E-state index is -0.518. The SMILES string of the molecule is CSc1ccc(NC(=O)c2ccccc2F)cc1. The number of benzene rings is 2. The molecule has 0 heterocycles. The Hall–Kier alpha value is -1.81. The minimum absolute atomic E-state index is 0.0476. The number of hydrogen-bond donors (Lipinski definition) is 1. The second-order valence-electron chi connectivity index (χ2n) is 3.66. The molecule has 0 fully saturated rings. The zero-order valence-electron chi connectivity index (χ0n) is 9.81. The lowest BCUT2D eigenvalue weighted by Gasteiger charge is -2.06. The van der Waals surface area contributed by atoms with E-state index in [1.54, 1.807) is 36.0 Å². The van der Waals surface area contributed by atoms with Crippen LogP contribution < -0.4 is 5.32 Å². The topological polar surface area (TPSA) is 29.1 Å². The fraction of sp³-hybridized carbons (Fsp3) is 0.0714. The lowest BCUT2D eigenvalue weighted by molar-refractivity contribution is 0.102. The fourth-order valence-corrected chi connectivity index (χ4v) is 1.93. The molecule has 0 spiro atoms. The first-order chi connectivity index (χ1) is 8.70. The van der Waals surface area contributed by atoms with Crippen molar-refractivity contribution in [2.45, 2.75) is 4.90 Å². The van der Waals surface area contributed by atoms with Gasteiger partial charge in [0.15, 0.2) is 0 Å². The number of halogens is 1. The van der Waals surface area contributed by atoms with Gasteiger partial charge in [0.2, 0.25) is 0 Å². The Morgan fingerprint density at radius 2 is 1.78 bits per heavy atom. The molecule has 0 radical (unpaired) electrons. The van der Waals surface area contributed by atoms with Gasteiger partial charge in [0.25, 0.3) is 5.91 Å². The Labute approximate surface area is 109 Å². The van der Waals surface area contributed by atoms with Crippen molar-refractivity contribution in [3.05, 3.63) is 59.9 Å². The molecule has 4 heteroatoms. The van der Waals surface area contributed by atoms with Crippen molar-refractivity contribution in [3.8, 4) is 0 Å². The van der Waals surface area contributed by atoms with E-state index >= 15 is 0 Å². The Kier molecular flexibility index (Phi) is 3.99. The van der Waals surface area contributed by atoms with Crippen LogP contribution in [0.4, 0.5) is 10.1 Å². The number of anilines is 1. The van der Waals surface area contributed by atoms with Crippen LogP contribution in [0.3, 0.4) is 0 Å². The molecule has 0 bridgehead atoms. The molecule has 0 atom stereocenters. The number of nitrogens with one attached hydrogen (secondary N) is 1. The molecule has 2 rings (SSSR count). The summed E-state index contributed by atoms with van der Waals surface area (Å²) in [5.74, 6) is -0.958. The standard InChI is InChI=1S/C14H12FNOS/c1-18-11-8-6-10(7-9-11)16-14(17)12-4-2-3-5-13(12)15/h2-9H,1H3,(H,16,17). The summed E-state index contributed by atoms with van der Waals surface area (Å²) in [6, 6.07) is 13.3. The molecular formula is C14H12FNOS. The highest BCUT2D eigenvalue weighted by Crippen LogP contribution is 2.18. The molecule has 1 N–H and O–H groups in total. The molecule has 0 saturated carbocycles. The number of hydrogen-bond acceptors (Lipinski definition) is 2. The van der Waals surface area contributed by atoms with E-state index < -0.39 is 11.7 Å². The van der Waals surface area contributed by atoms with E-state index in [4.69, 9.17) is 0 Å². The summed E-state index contributed by atoms with van der Waals surface area (Å²) in [4.78, 5) is 12.9. The van der Waals surface area contributed by atoms with E-state index in [9.17, 15) is 9.18 Å². The van der Waals surface area contributed by atoms with Crippen LogP contribution in [0.25, 0.3) is 0 Å². The smallest absolute Gasteiger partial charge is 0.258 e. The van der Waals surface area contributed by atoms with Crippen molar-refractivity contribution in [2.24, 2.45) is 0 Å². The lowest BCUT2D eigenvalue weighted by Crippen LogP contribution is -2.13. The molecule has 0 aliphatic rings. The maximum Gasteiger partial charge on any atom is 0.258 e. The molecular weight excluding hydrogens is 249 g/mol. The van der Waals surface area contributed by atoms with E-state index in [1.807, 2.05) is 18.4 Å². The summed E-state index contributed by atoms with van der Waals surface area (Å²) in [5.41, 5.74) is 0.701. The third-order valence-electron chi connectivity index (χ3n) is 2.47. The van der Waals surface area contributed by atoms with Crippen molar-refractivity contribution in [1.82, 2.24) is 0 Å². The van der Waals surface area contributed by atoms with Gasteiger partial charge in [-0.25, -0.2) is 4.39 Å². The summed E-state index contributed by atoms with van der Waals surface area (Å²) in [7, 11) is 0. The first kappa shape index (κ1) is 12.6. The molecule has 0 unspecified atom stereocenters. The van der Waals surface area contributed by atoms with E-state index in [2.05, 4.69) is 5.32 Å². The number of carbonyl (C=O) groups is 1. The summed E-state index contributed by atoms with van der Waals surface area (Å²) in [5, 5.41) is 2.66. The van der Waals surface area contributed by atoms with Crippen LogP contribution in [-0.2, 0) is 0 Å². The normalized spacial score (nSPS) is 10.1. The van der Waals surface area contributed by atoms with E-state index in [1.165, 1.54) is 12.1 Å². The van der Waals surface area contributed by atoms with Gasteiger partial charge in [0, 0.05) is 10.6 Å². The summed E-state index contributed by atoms with van der Waals surface area (Å²) < 4.78 is 13.4. The predicted octanol–water partition coefficient (Wildman–Crippen LogP) is 3.80. The van der Waals surface area contributed by atoms with Crippen LogP contribution in [0.2, 0.25) is 0 Å². The highest BCUT2D eigenvalue weighted by Gasteiger charge is 2.10.